The summed E-state index contributed by atoms with van der Waals surface area (Å²) < 4.78 is 12.4. The molecule has 0 saturated carbocycles. The van der Waals surface area contributed by atoms with E-state index in [0.717, 1.165) is 16.5 Å². The fraction of sp³-hybridized carbons (Fsp3) is 0.562. The molecule has 1 fully saturated rings. The summed E-state index contributed by atoms with van der Waals surface area (Å²) in [5.74, 6) is -0.335. The van der Waals surface area contributed by atoms with E-state index in [9.17, 15) is 4.79 Å². The van der Waals surface area contributed by atoms with Crippen molar-refractivity contribution in [2.24, 2.45) is 5.41 Å². The summed E-state index contributed by atoms with van der Waals surface area (Å²) in [6.45, 7) is 7.21. The van der Waals surface area contributed by atoms with Gasteiger partial charge in [0.1, 0.15) is 0 Å². The summed E-state index contributed by atoms with van der Waals surface area (Å²) in [5.41, 5.74) is 0.676. The summed E-state index contributed by atoms with van der Waals surface area (Å²) in [4.78, 5) is 12.2. The molecule has 2 rings (SSSR count). The summed E-state index contributed by atoms with van der Waals surface area (Å²) >= 11 is 3.37. The van der Waals surface area contributed by atoms with Crippen molar-refractivity contribution < 1.29 is 14.3 Å². The molecule has 0 unspecified atom stereocenters. The minimum Gasteiger partial charge on any atom is -0.350 e. The van der Waals surface area contributed by atoms with Crippen LogP contribution in [0.15, 0.2) is 28.7 Å². The van der Waals surface area contributed by atoms with Gasteiger partial charge in [0.2, 0.25) is 0 Å². The standard InChI is InChI=1S/C16H21BrO3/c1-15(2)19-10-16(3,11-20-15)9-8-14(18)12-4-6-13(17)7-5-12/h4-7H,8-11H2,1-3H3. The van der Waals surface area contributed by atoms with Gasteiger partial charge in [-0.2, -0.15) is 0 Å². The molecule has 0 radical (unpaired) electrons. The van der Waals surface area contributed by atoms with Gasteiger partial charge in [0.05, 0.1) is 13.2 Å². The van der Waals surface area contributed by atoms with Crippen molar-refractivity contribution in [3.05, 3.63) is 34.3 Å². The van der Waals surface area contributed by atoms with Crippen LogP contribution in [0, 0.1) is 5.41 Å². The number of rotatable bonds is 4. The van der Waals surface area contributed by atoms with Crippen LogP contribution in [-0.2, 0) is 9.47 Å². The first-order valence-corrected chi connectivity index (χ1v) is 7.66. The number of hydrogen-bond donors (Lipinski definition) is 0. The minimum atomic E-state index is -0.505. The lowest BCUT2D eigenvalue weighted by Gasteiger charge is -2.41. The van der Waals surface area contributed by atoms with Gasteiger partial charge in [-0.05, 0) is 32.4 Å². The number of halogens is 1. The monoisotopic (exact) mass is 340 g/mol. The summed E-state index contributed by atoms with van der Waals surface area (Å²) in [7, 11) is 0. The molecule has 0 aliphatic carbocycles. The largest absolute Gasteiger partial charge is 0.350 e. The van der Waals surface area contributed by atoms with Gasteiger partial charge in [-0.1, -0.05) is 35.0 Å². The van der Waals surface area contributed by atoms with Crippen molar-refractivity contribution in [1.29, 1.82) is 0 Å². The molecule has 1 aromatic rings. The van der Waals surface area contributed by atoms with Gasteiger partial charge in [-0.15, -0.1) is 0 Å². The van der Waals surface area contributed by atoms with Gasteiger partial charge in [0, 0.05) is 21.9 Å². The molecule has 1 aliphatic rings. The zero-order chi connectivity index (χ0) is 14.8. The number of hydrogen-bond acceptors (Lipinski definition) is 3. The van der Waals surface area contributed by atoms with Gasteiger partial charge < -0.3 is 9.47 Å². The first kappa shape index (κ1) is 15.7. The van der Waals surface area contributed by atoms with Crippen molar-refractivity contribution in [2.75, 3.05) is 13.2 Å². The van der Waals surface area contributed by atoms with Crippen molar-refractivity contribution in [2.45, 2.75) is 39.4 Å². The summed E-state index contributed by atoms with van der Waals surface area (Å²) in [6.07, 6.45) is 1.29. The molecule has 110 valence electrons. The van der Waals surface area contributed by atoms with Crippen LogP contribution in [0.2, 0.25) is 0 Å². The maximum absolute atomic E-state index is 12.2. The van der Waals surface area contributed by atoms with Gasteiger partial charge in [-0.3, -0.25) is 4.79 Å². The Hall–Kier alpha value is -0.710. The van der Waals surface area contributed by atoms with Gasteiger partial charge in [-0.25, -0.2) is 0 Å². The topological polar surface area (TPSA) is 35.5 Å². The van der Waals surface area contributed by atoms with Crippen LogP contribution in [-0.4, -0.2) is 24.8 Å². The highest BCUT2D eigenvalue weighted by atomic mass is 79.9. The van der Waals surface area contributed by atoms with E-state index in [1.165, 1.54) is 0 Å². The molecule has 4 heteroatoms. The second-order valence-electron chi connectivity index (χ2n) is 6.22. The Morgan fingerprint density at radius 3 is 2.25 bits per heavy atom. The Morgan fingerprint density at radius 1 is 1.15 bits per heavy atom. The van der Waals surface area contributed by atoms with E-state index in [1.807, 2.05) is 38.1 Å². The van der Waals surface area contributed by atoms with Gasteiger partial charge in [0.15, 0.2) is 11.6 Å². The van der Waals surface area contributed by atoms with E-state index in [2.05, 4.69) is 22.9 Å². The van der Waals surface area contributed by atoms with Crippen molar-refractivity contribution >= 4 is 21.7 Å². The lowest BCUT2D eigenvalue weighted by atomic mass is 9.84. The van der Waals surface area contributed by atoms with Crippen LogP contribution in [0.1, 0.15) is 44.0 Å². The number of benzene rings is 1. The maximum Gasteiger partial charge on any atom is 0.162 e. The van der Waals surface area contributed by atoms with E-state index in [-0.39, 0.29) is 11.2 Å². The fourth-order valence-electron chi connectivity index (χ4n) is 2.12. The molecule has 0 aromatic heterocycles. The van der Waals surface area contributed by atoms with Crippen LogP contribution >= 0.6 is 15.9 Å². The van der Waals surface area contributed by atoms with Crippen molar-refractivity contribution in [3.63, 3.8) is 0 Å². The van der Waals surface area contributed by atoms with E-state index in [1.54, 1.807) is 0 Å². The number of ether oxygens (including phenoxy) is 2. The molecule has 3 nitrogen and oxygen atoms in total. The molecule has 0 bridgehead atoms. The SMILES string of the molecule is CC1(CCC(=O)c2ccc(Br)cc2)COC(C)(C)OC1. The lowest BCUT2D eigenvalue weighted by molar-refractivity contribution is -0.283. The Morgan fingerprint density at radius 2 is 1.70 bits per heavy atom. The third kappa shape index (κ3) is 4.14. The molecule has 0 N–H and O–H groups in total. The number of ketones is 1. The normalized spacial score (nSPS) is 20.6. The molecule has 0 atom stereocenters. The fourth-order valence-corrected chi connectivity index (χ4v) is 2.38. The van der Waals surface area contributed by atoms with Crippen LogP contribution in [0.3, 0.4) is 0 Å². The first-order chi connectivity index (χ1) is 9.30. The molecule has 1 aliphatic heterocycles. The number of carbonyl (C=O) groups excluding carboxylic acids is 1. The van der Waals surface area contributed by atoms with Crippen LogP contribution in [0.5, 0.6) is 0 Å². The Balaban J connectivity index is 1.89. The van der Waals surface area contributed by atoms with E-state index < -0.39 is 5.79 Å². The minimum absolute atomic E-state index is 0.0828. The third-order valence-corrected chi connectivity index (χ3v) is 4.19. The van der Waals surface area contributed by atoms with Crippen LogP contribution in [0.25, 0.3) is 0 Å². The van der Waals surface area contributed by atoms with Gasteiger partial charge in [0.25, 0.3) is 0 Å². The quantitative estimate of drug-likeness (QED) is 0.770. The van der Waals surface area contributed by atoms with Gasteiger partial charge >= 0.3 is 0 Å². The maximum atomic E-state index is 12.2. The lowest BCUT2D eigenvalue weighted by Crippen LogP contribution is -2.45. The Labute approximate surface area is 128 Å². The highest BCUT2D eigenvalue weighted by molar-refractivity contribution is 9.10. The predicted molar refractivity (Wildman–Crippen MR) is 81.8 cm³/mol. The van der Waals surface area contributed by atoms with E-state index in [0.29, 0.717) is 19.6 Å². The highest BCUT2D eigenvalue weighted by Gasteiger charge is 2.36. The number of carbonyl (C=O) groups is 1. The second kappa shape index (κ2) is 5.96. The second-order valence-corrected chi connectivity index (χ2v) is 7.13. The highest BCUT2D eigenvalue weighted by Crippen LogP contribution is 2.33. The molecular formula is C16H21BrO3. The smallest absolute Gasteiger partial charge is 0.162 e. The van der Waals surface area contributed by atoms with Crippen molar-refractivity contribution in [1.82, 2.24) is 0 Å². The molecule has 20 heavy (non-hydrogen) atoms. The molecule has 1 heterocycles. The first-order valence-electron chi connectivity index (χ1n) is 6.86. The Bertz CT molecular complexity index is 469. The average Bonchev–Trinajstić information content (AvgIpc) is 2.41. The van der Waals surface area contributed by atoms with Crippen LogP contribution < -0.4 is 0 Å². The number of Topliss-reactive ketones (excluding diaryl/α,β-unsaturated/α-hetero) is 1. The van der Waals surface area contributed by atoms with Crippen molar-refractivity contribution in [3.8, 4) is 0 Å². The Kier molecular flexibility index (Phi) is 4.67. The predicted octanol–water partition coefficient (Wildman–Crippen LogP) is 4.20. The average molecular weight is 341 g/mol. The molecule has 0 amide bonds. The summed E-state index contributed by atoms with van der Waals surface area (Å²) in [6, 6.07) is 7.49. The third-order valence-electron chi connectivity index (χ3n) is 3.66. The molecule has 0 spiro atoms. The molecule has 1 aromatic carbocycles. The van der Waals surface area contributed by atoms with E-state index >= 15 is 0 Å². The molecule has 1 saturated heterocycles. The zero-order valence-electron chi connectivity index (χ0n) is 12.2. The molecular weight excluding hydrogens is 320 g/mol. The van der Waals surface area contributed by atoms with Crippen LogP contribution in [0.4, 0.5) is 0 Å². The summed E-state index contributed by atoms with van der Waals surface area (Å²) in [5, 5.41) is 0. The van der Waals surface area contributed by atoms with E-state index in [4.69, 9.17) is 9.47 Å². The zero-order valence-corrected chi connectivity index (χ0v) is 13.8.